The first-order valence-corrected chi connectivity index (χ1v) is 10.5. The van der Waals surface area contributed by atoms with Crippen LogP contribution in [0.1, 0.15) is 0 Å². The van der Waals surface area contributed by atoms with Crippen LogP contribution in [0.15, 0.2) is 65.2 Å². The zero-order valence-corrected chi connectivity index (χ0v) is 13.7. The number of nitrogens with zero attached hydrogens (tertiary/aromatic N) is 1. The molecule has 0 bridgehead atoms. The lowest BCUT2D eigenvalue weighted by Crippen LogP contribution is -1.93. The van der Waals surface area contributed by atoms with E-state index in [4.69, 9.17) is 13.6 Å². The molecule has 2 aromatic rings. The van der Waals surface area contributed by atoms with Gasteiger partial charge < -0.3 is 9.05 Å². The molecule has 0 aliphatic carbocycles. The first-order chi connectivity index (χ1) is 9.53. The molecule has 0 aliphatic rings. The van der Waals surface area contributed by atoms with Crippen molar-refractivity contribution in [3.05, 3.63) is 60.7 Å². The molecule has 106 valence electrons. The summed E-state index contributed by atoms with van der Waals surface area (Å²) in [5.41, 5.74) is 0. The highest BCUT2D eigenvalue weighted by molar-refractivity contribution is 7.69. The summed E-state index contributed by atoms with van der Waals surface area (Å²) in [5.74, 6) is 1.57. The molecule has 0 spiro atoms. The van der Waals surface area contributed by atoms with Crippen molar-refractivity contribution < 1.29 is 9.05 Å². The van der Waals surface area contributed by atoms with Crippen LogP contribution in [-0.4, -0.2) is 20.0 Å². The van der Waals surface area contributed by atoms with Gasteiger partial charge in [-0.2, -0.15) is 0 Å². The topological polar surface area (TPSA) is 30.8 Å². The van der Waals surface area contributed by atoms with Crippen molar-refractivity contribution >= 4 is 15.6 Å². The Balaban J connectivity index is 2.17. The third-order valence-electron chi connectivity index (χ3n) is 2.19. The van der Waals surface area contributed by atoms with Crippen LogP contribution in [0.2, 0.25) is 0 Å². The average Bonchev–Trinajstić information content (AvgIpc) is 2.39. The summed E-state index contributed by atoms with van der Waals surface area (Å²) in [6.07, 6.45) is 0. The van der Waals surface area contributed by atoms with Crippen LogP contribution in [0.5, 0.6) is 11.5 Å². The van der Waals surface area contributed by atoms with Gasteiger partial charge >= 0.3 is 8.53 Å². The lowest BCUT2D eigenvalue weighted by molar-refractivity contribution is 0.492. The highest BCUT2D eigenvalue weighted by Crippen LogP contribution is 2.52. The molecule has 0 atom stereocenters. The standard InChI is InChI=1S/C15H19NO2P2/c1-20(2,3)16-19(17-14-10-6-4-7-11-14)18-15-12-8-5-9-13-15/h4-13H,1-3H3. The smallest absolute Gasteiger partial charge is 0.422 e. The Morgan fingerprint density at radius 2 is 1.15 bits per heavy atom. The SMILES string of the molecule is CP(C)(C)=NP(Oc1ccccc1)Oc1ccccc1. The molecular formula is C15H19NO2P2. The van der Waals surface area contributed by atoms with E-state index < -0.39 is 15.6 Å². The Morgan fingerprint density at radius 1 is 0.750 bits per heavy atom. The fraction of sp³-hybridized carbons (Fsp3) is 0.200. The van der Waals surface area contributed by atoms with Crippen LogP contribution in [0.4, 0.5) is 0 Å². The van der Waals surface area contributed by atoms with Crippen molar-refractivity contribution in [2.24, 2.45) is 4.52 Å². The first-order valence-electron chi connectivity index (χ1n) is 6.34. The van der Waals surface area contributed by atoms with Crippen LogP contribution in [0.3, 0.4) is 0 Å². The Bertz CT molecular complexity index is 532. The molecule has 0 unspecified atom stereocenters. The van der Waals surface area contributed by atoms with E-state index >= 15 is 0 Å². The fourth-order valence-electron chi connectivity index (χ4n) is 1.42. The van der Waals surface area contributed by atoms with E-state index in [1.807, 2.05) is 60.7 Å². The summed E-state index contributed by atoms with van der Waals surface area (Å²) in [6.45, 7) is 6.43. The van der Waals surface area contributed by atoms with Gasteiger partial charge in [0.05, 0.1) is 0 Å². The van der Waals surface area contributed by atoms with Gasteiger partial charge in [-0.25, -0.2) is 4.52 Å². The monoisotopic (exact) mass is 307 g/mol. The van der Waals surface area contributed by atoms with Crippen molar-refractivity contribution in [1.29, 1.82) is 0 Å². The molecule has 0 aromatic heterocycles. The Kier molecular flexibility index (Phi) is 5.23. The summed E-state index contributed by atoms with van der Waals surface area (Å²) in [5, 5.41) is 0. The molecule has 0 saturated carbocycles. The number of benzene rings is 2. The van der Waals surface area contributed by atoms with Crippen molar-refractivity contribution in [1.82, 2.24) is 0 Å². The zero-order valence-electron chi connectivity index (χ0n) is 11.9. The van der Waals surface area contributed by atoms with Gasteiger partial charge in [0.2, 0.25) is 0 Å². The second-order valence-corrected chi connectivity index (χ2v) is 10.5. The predicted molar refractivity (Wildman–Crippen MR) is 88.2 cm³/mol. The molecule has 5 heteroatoms. The van der Waals surface area contributed by atoms with E-state index in [2.05, 4.69) is 20.0 Å². The summed E-state index contributed by atoms with van der Waals surface area (Å²) in [6, 6.07) is 19.4. The summed E-state index contributed by atoms with van der Waals surface area (Å²) < 4.78 is 16.5. The Morgan fingerprint density at radius 3 is 1.50 bits per heavy atom. The molecule has 0 fully saturated rings. The van der Waals surface area contributed by atoms with Gasteiger partial charge in [-0.15, -0.1) is 0 Å². The number of para-hydroxylation sites is 2. The second kappa shape index (κ2) is 6.92. The lowest BCUT2D eigenvalue weighted by atomic mass is 10.3. The van der Waals surface area contributed by atoms with Gasteiger partial charge in [0.15, 0.2) is 0 Å². The molecule has 0 aliphatic heterocycles. The molecule has 0 N–H and O–H groups in total. The second-order valence-electron chi connectivity index (χ2n) is 5.08. The van der Waals surface area contributed by atoms with Gasteiger partial charge in [-0.3, -0.25) is 0 Å². The van der Waals surface area contributed by atoms with E-state index in [1.54, 1.807) is 0 Å². The first kappa shape index (κ1) is 15.1. The van der Waals surface area contributed by atoms with E-state index in [0.29, 0.717) is 0 Å². The van der Waals surface area contributed by atoms with Crippen molar-refractivity contribution in [3.8, 4) is 11.5 Å². The summed E-state index contributed by atoms with van der Waals surface area (Å²) >= 11 is 0. The molecule has 0 saturated heterocycles. The maximum Gasteiger partial charge on any atom is 0.436 e. The Labute approximate surface area is 122 Å². The van der Waals surface area contributed by atoms with Gasteiger partial charge in [-0.05, 0) is 51.3 Å². The zero-order chi connectivity index (χ0) is 14.4. The molecular weight excluding hydrogens is 288 g/mol. The lowest BCUT2D eigenvalue weighted by Gasteiger charge is -2.17. The maximum atomic E-state index is 5.90. The van der Waals surface area contributed by atoms with Crippen molar-refractivity contribution in [2.75, 3.05) is 20.0 Å². The number of hydrogen-bond donors (Lipinski definition) is 0. The molecule has 20 heavy (non-hydrogen) atoms. The van der Waals surface area contributed by atoms with Gasteiger partial charge in [0.1, 0.15) is 11.5 Å². The Hall–Kier alpha value is -1.30. The molecule has 0 heterocycles. The van der Waals surface area contributed by atoms with Gasteiger partial charge in [-0.1, -0.05) is 36.4 Å². The van der Waals surface area contributed by atoms with Gasteiger partial charge in [0.25, 0.3) is 0 Å². The van der Waals surface area contributed by atoms with Crippen molar-refractivity contribution in [3.63, 3.8) is 0 Å². The van der Waals surface area contributed by atoms with Gasteiger partial charge in [0, 0.05) is 0 Å². The predicted octanol–water partition coefficient (Wildman–Crippen LogP) is 5.46. The minimum atomic E-state index is -1.34. The number of hydrogen-bond acceptors (Lipinski definition) is 3. The average molecular weight is 307 g/mol. The fourth-order valence-corrected chi connectivity index (χ4v) is 4.10. The van der Waals surface area contributed by atoms with Crippen LogP contribution < -0.4 is 9.05 Å². The number of rotatable bonds is 5. The highest BCUT2D eigenvalue weighted by atomic mass is 31.2. The molecule has 2 rings (SSSR count). The largest absolute Gasteiger partial charge is 0.436 e. The van der Waals surface area contributed by atoms with E-state index in [1.165, 1.54) is 0 Å². The minimum Gasteiger partial charge on any atom is -0.422 e. The summed E-state index contributed by atoms with van der Waals surface area (Å²) in [7, 11) is -2.67. The van der Waals surface area contributed by atoms with Crippen molar-refractivity contribution in [2.45, 2.75) is 0 Å². The van der Waals surface area contributed by atoms with Crippen LogP contribution in [0, 0.1) is 0 Å². The molecule has 0 radical (unpaired) electrons. The maximum absolute atomic E-state index is 5.90. The van der Waals surface area contributed by atoms with E-state index in [9.17, 15) is 0 Å². The third-order valence-corrected chi connectivity index (χ3v) is 5.66. The van der Waals surface area contributed by atoms with Crippen LogP contribution >= 0.6 is 15.6 Å². The molecule has 3 nitrogen and oxygen atoms in total. The molecule has 2 aromatic carbocycles. The minimum absolute atomic E-state index is 0.784. The quantitative estimate of drug-likeness (QED) is 0.686. The normalized spacial score (nSPS) is 11.2. The van der Waals surface area contributed by atoms with E-state index in [0.717, 1.165) is 11.5 Å². The van der Waals surface area contributed by atoms with Crippen LogP contribution in [0.25, 0.3) is 0 Å². The highest BCUT2D eigenvalue weighted by Gasteiger charge is 2.16. The van der Waals surface area contributed by atoms with Crippen LogP contribution in [-0.2, 0) is 0 Å². The molecule has 0 amide bonds. The summed E-state index contributed by atoms with van der Waals surface area (Å²) in [4.78, 5) is 0. The van der Waals surface area contributed by atoms with E-state index in [-0.39, 0.29) is 0 Å². The third kappa shape index (κ3) is 5.36.